The Bertz CT molecular complexity index is 2770. The summed E-state index contributed by atoms with van der Waals surface area (Å²) in [6.07, 6.45) is 0.520. The smallest absolute Gasteiger partial charge is 0.329 e. The minimum Gasteiger partial charge on any atom is -0.497 e. The number of para-hydroxylation sites is 1. The molecule has 3 aliphatic rings. The van der Waals surface area contributed by atoms with Crippen molar-refractivity contribution in [1.29, 1.82) is 0 Å². The van der Waals surface area contributed by atoms with E-state index in [9.17, 15) is 9.90 Å². The third-order valence-electron chi connectivity index (χ3n) is 12.8. The molecule has 0 radical (unpaired) electrons. The lowest BCUT2D eigenvalue weighted by molar-refractivity contribution is -0.178. The van der Waals surface area contributed by atoms with E-state index in [0.29, 0.717) is 33.6 Å². The maximum Gasteiger partial charge on any atom is 0.329 e. The molecule has 14 heteroatoms. The van der Waals surface area contributed by atoms with Gasteiger partial charge in [0.25, 0.3) is 0 Å². The first-order valence-electron chi connectivity index (χ1n) is 22.3. The van der Waals surface area contributed by atoms with Crippen molar-refractivity contribution in [2.45, 2.75) is 49.5 Å². The summed E-state index contributed by atoms with van der Waals surface area (Å²) in [5, 5.41) is 15.7. The van der Waals surface area contributed by atoms with Crippen molar-refractivity contribution in [2.24, 2.45) is 11.8 Å². The molecule has 0 aliphatic carbocycles. The van der Waals surface area contributed by atoms with Crippen LogP contribution in [0.5, 0.6) is 11.5 Å². The first-order chi connectivity index (χ1) is 33.0. The molecule has 4 amide bonds. The molecule has 5 aromatic rings. The zero-order chi connectivity index (χ0) is 48.1. The van der Waals surface area contributed by atoms with Crippen LogP contribution in [0.3, 0.4) is 0 Å². The number of rotatable bonds is 13. The number of methoxy groups -OCH3 is 2. The van der Waals surface area contributed by atoms with Crippen molar-refractivity contribution in [3.63, 3.8) is 0 Å². The number of anilines is 1. The molecule has 0 saturated carbocycles. The van der Waals surface area contributed by atoms with Crippen molar-refractivity contribution in [1.82, 2.24) is 15.5 Å². The summed E-state index contributed by atoms with van der Waals surface area (Å²) in [5.74, 6) is 2.18. The number of imide groups is 1. The van der Waals surface area contributed by atoms with Crippen molar-refractivity contribution in [3.8, 4) is 23.3 Å². The van der Waals surface area contributed by atoms with Crippen molar-refractivity contribution in [2.75, 3.05) is 38.9 Å². The molecule has 0 unspecified atom stereocenters. The third-order valence-corrected chi connectivity index (χ3v) is 12.8. The first-order valence-corrected chi connectivity index (χ1v) is 22.3. The summed E-state index contributed by atoms with van der Waals surface area (Å²) in [4.78, 5) is 78.3. The van der Waals surface area contributed by atoms with Gasteiger partial charge in [-0.25, -0.2) is 14.5 Å². The number of cyclic esters (lactones) is 1. The number of carbonyl (C=O) groups is 5. The van der Waals surface area contributed by atoms with Gasteiger partial charge in [-0.05, 0) is 71.1 Å². The van der Waals surface area contributed by atoms with Gasteiger partial charge in [0.05, 0.1) is 44.5 Å². The molecule has 2 fully saturated rings. The number of hydrogen-bond donors (Lipinski definition) is 3. The number of esters is 2. The lowest BCUT2D eigenvalue weighted by Crippen LogP contribution is -2.57. The molecule has 5 aromatic carbocycles. The molecule has 7 atom stereocenters. The number of fused-ring (bicyclic) bond motifs is 3. The molecule has 348 valence electrons. The molecule has 14 nitrogen and oxygen atoms in total. The minimum absolute atomic E-state index is 0.0311. The second kappa shape index (κ2) is 20.0. The Hall–Kier alpha value is -7.73. The highest BCUT2D eigenvalue weighted by molar-refractivity contribution is 6.25. The number of ether oxygens (including phenoxy) is 4. The van der Waals surface area contributed by atoms with E-state index < -0.39 is 77.3 Å². The number of carbonyl (C=O) groups excluding carboxylic acids is 5. The molecule has 0 aromatic heterocycles. The zero-order valence-electron chi connectivity index (χ0n) is 38.1. The number of aliphatic hydroxyl groups excluding tert-OH is 1. The van der Waals surface area contributed by atoms with Gasteiger partial charge < -0.3 is 34.7 Å². The van der Waals surface area contributed by atoms with E-state index in [4.69, 9.17) is 18.9 Å². The maximum atomic E-state index is 16.6. The minimum atomic E-state index is -2.14. The van der Waals surface area contributed by atoms with Gasteiger partial charge in [0.2, 0.25) is 11.8 Å². The van der Waals surface area contributed by atoms with Crippen LogP contribution in [-0.4, -0.2) is 85.9 Å². The van der Waals surface area contributed by atoms with E-state index in [2.05, 4.69) is 29.1 Å². The number of morpholine rings is 1. The predicted octanol–water partition coefficient (Wildman–Crippen LogP) is 6.34. The fourth-order valence-electron chi connectivity index (χ4n) is 9.87. The van der Waals surface area contributed by atoms with Crippen LogP contribution in [-0.2, 0) is 34.1 Å². The molecular weight excluding hydrogens is 865 g/mol. The van der Waals surface area contributed by atoms with Gasteiger partial charge in [-0.1, -0.05) is 111 Å². The Labute approximate surface area is 394 Å². The Morgan fingerprint density at radius 3 is 2.15 bits per heavy atom. The highest BCUT2D eigenvalue weighted by atomic mass is 16.6. The van der Waals surface area contributed by atoms with Crippen LogP contribution < -0.4 is 25.0 Å². The summed E-state index contributed by atoms with van der Waals surface area (Å²) < 4.78 is 23.2. The van der Waals surface area contributed by atoms with Gasteiger partial charge in [-0.15, -0.1) is 6.58 Å². The SMILES string of the molecule is C=CCNC(=O)[C@H]1[C@@H]2C(=O)O[C@@H](c3ccccc3)[C@@H](c3ccccc3)N2[C@@H](c2ccccc2OCCO)[C@]12C(=O)N(C(=O)N[C@H](C(=O)OC)C(C)C)c1ccc(C#Cc3ccc(OC)cc3)cc12. The van der Waals surface area contributed by atoms with E-state index >= 15 is 19.2 Å². The van der Waals surface area contributed by atoms with Crippen molar-refractivity contribution in [3.05, 3.63) is 173 Å². The standard InChI is InChI=1S/C54H52N4O10/c1-6-29-55-49(60)43-46-51(62)68-47(37-17-11-8-12-18-37)45(36-15-9-7-10-16-36)58(46)48(39-19-13-14-20-42(39)67-31-30-59)54(43)40-32-35(22-21-34-23-26-38(65-4)27-24-34)25-28-41(40)57(52(54)63)53(64)56-44(33(2)3)50(61)66-5/h6-20,23-28,32-33,43-48,59H,1,29-31H2,2-5H3,(H,55,60)(H,56,64)/t43-,44+,45-,46-,47+,48+,54-/m1/s1. The molecule has 8 rings (SSSR count). The van der Waals surface area contributed by atoms with E-state index in [1.54, 1.807) is 87.7 Å². The van der Waals surface area contributed by atoms with E-state index in [0.717, 1.165) is 4.90 Å². The van der Waals surface area contributed by atoms with E-state index in [1.165, 1.54) is 13.2 Å². The summed E-state index contributed by atoms with van der Waals surface area (Å²) in [6, 6.07) is 31.9. The van der Waals surface area contributed by atoms with E-state index in [-0.39, 0.29) is 36.8 Å². The zero-order valence-corrected chi connectivity index (χ0v) is 38.1. The van der Waals surface area contributed by atoms with E-state index in [1.807, 2.05) is 65.6 Å². The Morgan fingerprint density at radius 2 is 1.50 bits per heavy atom. The fourth-order valence-corrected chi connectivity index (χ4v) is 9.87. The molecule has 3 N–H and O–H groups in total. The van der Waals surface area contributed by atoms with Crippen LogP contribution in [0, 0.1) is 23.7 Å². The first kappa shape index (κ1) is 46.8. The maximum absolute atomic E-state index is 16.6. The summed E-state index contributed by atoms with van der Waals surface area (Å²) >= 11 is 0. The van der Waals surface area contributed by atoms with Crippen molar-refractivity contribution < 1.29 is 48.0 Å². The number of hydrogen-bond acceptors (Lipinski definition) is 11. The molecule has 3 aliphatic heterocycles. The second-order valence-corrected chi connectivity index (χ2v) is 17.0. The number of urea groups is 1. The largest absolute Gasteiger partial charge is 0.497 e. The highest BCUT2D eigenvalue weighted by Gasteiger charge is 2.76. The van der Waals surface area contributed by atoms with Gasteiger partial charge in [-0.3, -0.25) is 19.3 Å². The van der Waals surface area contributed by atoms with Crippen LogP contribution in [0.1, 0.15) is 65.4 Å². The van der Waals surface area contributed by atoms with Gasteiger partial charge in [0.1, 0.15) is 41.7 Å². The number of nitrogens with one attached hydrogen (secondary N) is 2. The predicted molar refractivity (Wildman–Crippen MR) is 252 cm³/mol. The number of nitrogens with zero attached hydrogens (tertiary/aromatic N) is 2. The normalized spacial score (nSPS) is 22.0. The van der Waals surface area contributed by atoms with Gasteiger partial charge in [-0.2, -0.15) is 0 Å². The van der Waals surface area contributed by atoms with Crippen LogP contribution in [0.2, 0.25) is 0 Å². The lowest BCUT2D eigenvalue weighted by Gasteiger charge is -2.46. The Kier molecular flexibility index (Phi) is 13.8. The second-order valence-electron chi connectivity index (χ2n) is 17.0. The summed E-state index contributed by atoms with van der Waals surface area (Å²) in [5.41, 5.74) is 0.997. The molecule has 1 spiro atoms. The third kappa shape index (κ3) is 8.35. The van der Waals surface area contributed by atoms with Crippen LogP contribution in [0.25, 0.3) is 0 Å². The van der Waals surface area contributed by atoms with Crippen LogP contribution >= 0.6 is 0 Å². The molecule has 3 heterocycles. The lowest BCUT2D eigenvalue weighted by atomic mass is 9.65. The van der Waals surface area contributed by atoms with Crippen molar-refractivity contribution >= 4 is 35.5 Å². The summed E-state index contributed by atoms with van der Waals surface area (Å²) in [6.45, 7) is 6.76. The fraction of sp³-hybridized carbons (Fsp3) is 0.278. The average molecular weight is 917 g/mol. The quantitative estimate of drug-likeness (QED) is 0.0684. The molecule has 68 heavy (non-hydrogen) atoms. The van der Waals surface area contributed by atoms with Gasteiger partial charge >= 0.3 is 18.0 Å². The van der Waals surface area contributed by atoms with Crippen LogP contribution in [0.4, 0.5) is 10.5 Å². The molecule has 0 bridgehead atoms. The Balaban J connectivity index is 1.47. The number of aliphatic hydroxyl groups is 1. The van der Waals surface area contributed by atoms with Gasteiger partial charge in [0, 0.05) is 23.2 Å². The summed E-state index contributed by atoms with van der Waals surface area (Å²) in [7, 11) is 2.77. The topological polar surface area (TPSA) is 173 Å². The monoisotopic (exact) mass is 916 g/mol. The Morgan fingerprint density at radius 1 is 0.853 bits per heavy atom. The number of benzene rings is 5. The molecular formula is C54H52N4O10. The average Bonchev–Trinajstić information content (AvgIpc) is 3.82. The van der Waals surface area contributed by atoms with Crippen LogP contribution in [0.15, 0.2) is 140 Å². The molecule has 2 saturated heterocycles. The van der Waals surface area contributed by atoms with Gasteiger partial charge in [0.15, 0.2) is 0 Å². The highest BCUT2D eigenvalue weighted by Crippen LogP contribution is 2.66. The number of amides is 4.